The zero-order valence-corrected chi connectivity index (χ0v) is 18.4. The van der Waals surface area contributed by atoms with Gasteiger partial charge in [0.2, 0.25) is 0 Å². The van der Waals surface area contributed by atoms with Gasteiger partial charge in [-0.2, -0.15) is 11.8 Å². The smallest absolute Gasteiger partial charge is 0.292 e. The van der Waals surface area contributed by atoms with E-state index in [4.69, 9.17) is 0 Å². The fraction of sp³-hybridized carbons (Fsp3) is 0.300. The third-order valence-corrected chi connectivity index (χ3v) is 6.90. The van der Waals surface area contributed by atoms with Gasteiger partial charge >= 0.3 is 0 Å². The number of anilines is 2. The summed E-state index contributed by atoms with van der Waals surface area (Å²) < 4.78 is 30.5. The lowest BCUT2D eigenvalue weighted by atomic mass is 10.2. The molecular formula is C20H23N5O3S2. The van der Waals surface area contributed by atoms with E-state index in [0.717, 1.165) is 41.1 Å². The Morgan fingerprint density at radius 1 is 1.17 bits per heavy atom. The monoisotopic (exact) mass is 445 g/mol. The zero-order chi connectivity index (χ0) is 21.3. The first-order valence-electron chi connectivity index (χ1n) is 9.52. The number of hydrogen-bond acceptors (Lipinski definition) is 6. The molecule has 0 atom stereocenters. The standard InChI is InChI=1S/C20H23N5O3S2/c1-15-3-5-16(6-4-15)7-12-30(27,28)22-17-13-21-19-18(24-8-10-29-11-9-24)20(26)23(2)25(19)14-17/h3-7,12-14,22H,8-11H2,1-2H3/b12-7+. The van der Waals surface area contributed by atoms with Crippen molar-refractivity contribution in [3.63, 3.8) is 0 Å². The highest BCUT2D eigenvalue weighted by molar-refractivity contribution is 7.99. The first kappa shape index (κ1) is 20.5. The Kier molecular flexibility index (Phi) is 5.61. The molecule has 8 nitrogen and oxygen atoms in total. The van der Waals surface area contributed by atoms with Gasteiger partial charge in [0.15, 0.2) is 5.65 Å². The molecule has 10 heteroatoms. The number of rotatable bonds is 5. The number of nitrogens with one attached hydrogen (secondary N) is 1. The molecule has 0 unspecified atom stereocenters. The van der Waals surface area contributed by atoms with Gasteiger partial charge in [-0.15, -0.1) is 0 Å². The molecule has 1 aromatic carbocycles. The molecule has 0 spiro atoms. The molecule has 158 valence electrons. The van der Waals surface area contributed by atoms with Crippen molar-refractivity contribution < 1.29 is 8.42 Å². The summed E-state index contributed by atoms with van der Waals surface area (Å²) in [6, 6.07) is 7.54. The molecule has 1 saturated heterocycles. The molecule has 1 aliphatic rings. The maximum Gasteiger partial charge on any atom is 0.292 e. The van der Waals surface area contributed by atoms with Crippen LogP contribution in [0.3, 0.4) is 0 Å². The van der Waals surface area contributed by atoms with Gasteiger partial charge in [-0.05, 0) is 18.6 Å². The summed E-state index contributed by atoms with van der Waals surface area (Å²) in [4.78, 5) is 19.2. The lowest BCUT2D eigenvalue weighted by Crippen LogP contribution is -2.35. The average Bonchev–Trinajstić information content (AvgIpc) is 2.98. The van der Waals surface area contributed by atoms with Gasteiger partial charge in [-0.25, -0.2) is 22.6 Å². The average molecular weight is 446 g/mol. The van der Waals surface area contributed by atoms with Gasteiger partial charge in [-0.3, -0.25) is 9.52 Å². The van der Waals surface area contributed by atoms with E-state index in [9.17, 15) is 13.2 Å². The minimum Gasteiger partial charge on any atom is -0.362 e. The highest BCUT2D eigenvalue weighted by atomic mass is 32.2. The Labute approximate surface area is 179 Å². The quantitative estimate of drug-likeness (QED) is 0.648. The molecule has 0 radical (unpaired) electrons. The van der Waals surface area contributed by atoms with E-state index in [1.54, 1.807) is 17.8 Å². The molecule has 2 aromatic heterocycles. The van der Waals surface area contributed by atoms with Crippen molar-refractivity contribution in [1.82, 2.24) is 14.2 Å². The van der Waals surface area contributed by atoms with Crippen molar-refractivity contribution in [2.45, 2.75) is 6.92 Å². The van der Waals surface area contributed by atoms with Crippen LogP contribution in [0.5, 0.6) is 0 Å². The molecule has 0 saturated carbocycles. The van der Waals surface area contributed by atoms with Crippen LogP contribution in [0.4, 0.5) is 11.4 Å². The van der Waals surface area contributed by atoms with E-state index in [-0.39, 0.29) is 11.2 Å². The number of aryl methyl sites for hydroxylation is 2. The normalized spacial score (nSPS) is 15.2. The summed E-state index contributed by atoms with van der Waals surface area (Å²) in [5, 5.41) is 1.12. The first-order chi connectivity index (χ1) is 14.3. The van der Waals surface area contributed by atoms with Gasteiger partial charge in [0, 0.05) is 31.6 Å². The molecule has 0 aliphatic carbocycles. The Balaban J connectivity index is 1.61. The fourth-order valence-electron chi connectivity index (χ4n) is 3.32. The lowest BCUT2D eigenvalue weighted by Gasteiger charge is -2.26. The molecule has 0 amide bonds. The van der Waals surface area contributed by atoms with Crippen LogP contribution >= 0.6 is 11.8 Å². The molecule has 0 bridgehead atoms. The largest absolute Gasteiger partial charge is 0.362 e. The molecule has 1 fully saturated rings. The summed E-state index contributed by atoms with van der Waals surface area (Å²) in [5.41, 5.74) is 3.11. The Hall–Kier alpha value is -2.72. The molecule has 3 aromatic rings. The fourth-order valence-corrected chi connectivity index (χ4v) is 5.06. The van der Waals surface area contributed by atoms with Crippen molar-refractivity contribution in [2.75, 3.05) is 34.2 Å². The Morgan fingerprint density at radius 3 is 2.57 bits per heavy atom. The van der Waals surface area contributed by atoms with E-state index < -0.39 is 10.0 Å². The summed E-state index contributed by atoms with van der Waals surface area (Å²) in [7, 11) is -2.09. The van der Waals surface area contributed by atoms with Gasteiger partial charge in [0.25, 0.3) is 15.6 Å². The summed E-state index contributed by atoms with van der Waals surface area (Å²) in [5.74, 6) is 1.93. The lowest BCUT2D eigenvalue weighted by molar-refractivity contribution is 0.609. The van der Waals surface area contributed by atoms with Crippen LogP contribution in [-0.2, 0) is 17.1 Å². The second-order valence-electron chi connectivity index (χ2n) is 7.15. The van der Waals surface area contributed by atoms with E-state index >= 15 is 0 Å². The number of hydrogen-bond donors (Lipinski definition) is 1. The van der Waals surface area contributed by atoms with Gasteiger partial charge in [-0.1, -0.05) is 29.8 Å². The topological polar surface area (TPSA) is 88.7 Å². The van der Waals surface area contributed by atoms with E-state index in [2.05, 4.69) is 14.6 Å². The number of sulfonamides is 1. The molecular weight excluding hydrogens is 422 g/mol. The number of nitrogens with zero attached hydrogens (tertiary/aromatic N) is 4. The molecule has 4 rings (SSSR count). The van der Waals surface area contributed by atoms with Gasteiger partial charge < -0.3 is 4.90 Å². The highest BCUT2D eigenvalue weighted by Gasteiger charge is 2.22. The maximum absolute atomic E-state index is 12.8. The van der Waals surface area contributed by atoms with E-state index in [1.807, 2.05) is 43.0 Å². The molecule has 30 heavy (non-hydrogen) atoms. The summed E-state index contributed by atoms with van der Waals surface area (Å²) in [6.07, 6.45) is 4.54. The third-order valence-electron chi connectivity index (χ3n) is 4.94. The molecule has 3 heterocycles. The number of fused-ring (bicyclic) bond motifs is 1. The first-order valence-corrected chi connectivity index (χ1v) is 12.2. The zero-order valence-electron chi connectivity index (χ0n) is 16.8. The predicted octanol–water partition coefficient (Wildman–Crippen LogP) is 2.31. The highest BCUT2D eigenvalue weighted by Crippen LogP contribution is 2.22. The number of benzene rings is 1. The Morgan fingerprint density at radius 2 is 1.87 bits per heavy atom. The van der Waals surface area contributed by atoms with Crippen molar-refractivity contribution >= 4 is 44.9 Å². The van der Waals surface area contributed by atoms with Crippen LogP contribution in [0.2, 0.25) is 0 Å². The van der Waals surface area contributed by atoms with Crippen LogP contribution in [0.1, 0.15) is 11.1 Å². The summed E-state index contributed by atoms with van der Waals surface area (Å²) >= 11 is 1.86. The minimum absolute atomic E-state index is 0.145. The van der Waals surface area contributed by atoms with Crippen molar-refractivity contribution in [3.05, 3.63) is 63.5 Å². The van der Waals surface area contributed by atoms with E-state index in [1.165, 1.54) is 17.0 Å². The second-order valence-corrected chi connectivity index (χ2v) is 9.94. The molecule has 1 aliphatic heterocycles. The molecule has 1 N–H and O–H groups in total. The third kappa shape index (κ3) is 4.24. The van der Waals surface area contributed by atoms with Gasteiger partial charge in [0.1, 0.15) is 5.69 Å². The van der Waals surface area contributed by atoms with Gasteiger partial charge in [0.05, 0.1) is 23.5 Å². The minimum atomic E-state index is -3.73. The second kappa shape index (κ2) is 8.19. The maximum atomic E-state index is 12.8. The SMILES string of the molecule is Cc1ccc(/C=C/S(=O)(=O)Nc2cnc3c(N4CCSCC4)c(=O)n(C)n3c2)cc1. The summed E-state index contributed by atoms with van der Waals surface area (Å²) in [6.45, 7) is 3.55. The van der Waals surface area contributed by atoms with Crippen molar-refractivity contribution in [3.8, 4) is 0 Å². The van der Waals surface area contributed by atoms with Crippen molar-refractivity contribution in [2.24, 2.45) is 7.05 Å². The predicted molar refractivity (Wildman–Crippen MR) is 123 cm³/mol. The van der Waals surface area contributed by atoms with E-state index in [0.29, 0.717) is 11.3 Å². The van der Waals surface area contributed by atoms with Crippen LogP contribution in [0.25, 0.3) is 11.7 Å². The number of thioether (sulfide) groups is 1. The van der Waals surface area contributed by atoms with Crippen LogP contribution in [0, 0.1) is 6.92 Å². The number of aromatic nitrogens is 3. The van der Waals surface area contributed by atoms with Crippen LogP contribution in [-0.4, -0.2) is 47.2 Å². The Bertz CT molecular complexity index is 1250. The van der Waals surface area contributed by atoms with Crippen LogP contribution < -0.4 is 15.2 Å². The van der Waals surface area contributed by atoms with Crippen molar-refractivity contribution in [1.29, 1.82) is 0 Å². The van der Waals surface area contributed by atoms with Crippen LogP contribution in [0.15, 0.2) is 46.9 Å².